The lowest BCUT2D eigenvalue weighted by molar-refractivity contribution is -0.274. The SMILES string of the molecule is CN(CCNS(C)(=O)=O)C(=O)c1cc2ccc(OC(F)(F)F)cc2[nH]1. The standard InChI is InChI=1S/C14H16F3N3O4S/c1-20(6-5-18-25(2,22)23)13(21)12-7-9-3-4-10(8-11(9)19-12)24-14(15,16)17/h3-4,7-8,18-19H,5-6H2,1-2H3. The van der Waals surface area contributed by atoms with Gasteiger partial charge in [0.25, 0.3) is 5.91 Å². The van der Waals surface area contributed by atoms with Crippen molar-refractivity contribution in [3.8, 4) is 5.75 Å². The Morgan fingerprint density at radius 2 is 2.00 bits per heavy atom. The highest BCUT2D eigenvalue weighted by Crippen LogP contribution is 2.26. The van der Waals surface area contributed by atoms with Gasteiger partial charge in [0.15, 0.2) is 0 Å². The Morgan fingerprint density at radius 3 is 2.60 bits per heavy atom. The summed E-state index contributed by atoms with van der Waals surface area (Å²) in [5.41, 5.74) is 0.480. The number of fused-ring (bicyclic) bond motifs is 1. The number of hydrogen-bond acceptors (Lipinski definition) is 4. The molecule has 0 fully saturated rings. The second-order valence-electron chi connectivity index (χ2n) is 5.37. The van der Waals surface area contributed by atoms with Crippen molar-refractivity contribution in [3.05, 3.63) is 30.0 Å². The molecule has 0 aliphatic carbocycles. The zero-order valence-electron chi connectivity index (χ0n) is 13.3. The molecule has 0 saturated heterocycles. The number of halogens is 3. The summed E-state index contributed by atoms with van der Waals surface area (Å²) in [6.07, 6.45) is -3.79. The van der Waals surface area contributed by atoms with Crippen molar-refractivity contribution in [2.75, 3.05) is 26.4 Å². The molecule has 2 N–H and O–H groups in total. The monoisotopic (exact) mass is 379 g/mol. The lowest BCUT2D eigenvalue weighted by Gasteiger charge is -2.16. The molecule has 0 radical (unpaired) electrons. The van der Waals surface area contributed by atoms with E-state index in [0.29, 0.717) is 10.9 Å². The van der Waals surface area contributed by atoms with E-state index in [1.807, 2.05) is 0 Å². The number of hydrogen-bond donors (Lipinski definition) is 2. The molecule has 7 nitrogen and oxygen atoms in total. The summed E-state index contributed by atoms with van der Waals surface area (Å²) in [5, 5.41) is 0.542. The van der Waals surface area contributed by atoms with E-state index in [9.17, 15) is 26.4 Å². The summed E-state index contributed by atoms with van der Waals surface area (Å²) < 4.78 is 64.8. The third-order valence-electron chi connectivity index (χ3n) is 3.22. The van der Waals surface area contributed by atoms with Gasteiger partial charge in [-0.25, -0.2) is 13.1 Å². The molecule has 0 bridgehead atoms. The van der Waals surface area contributed by atoms with Gasteiger partial charge in [-0.1, -0.05) is 0 Å². The molecule has 0 saturated carbocycles. The second kappa shape index (κ2) is 6.92. The molecule has 0 atom stereocenters. The number of rotatable bonds is 6. The van der Waals surface area contributed by atoms with Crippen LogP contribution in [0.1, 0.15) is 10.5 Å². The topological polar surface area (TPSA) is 91.5 Å². The summed E-state index contributed by atoms with van der Waals surface area (Å²) in [6.45, 7) is 0.175. The minimum absolute atomic E-state index is 0.0465. The number of likely N-dealkylation sites (N-methyl/N-ethyl adjacent to an activating group) is 1. The van der Waals surface area contributed by atoms with Crippen LogP contribution in [0.25, 0.3) is 10.9 Å². The lowest BCUT2D eigenvalue weighted by Crippen LogP contribution is -2.35. The fourth-order valence-electron chi connectivity index (χ4n) is 2.12. The maximum absolute atomic E-state index is 12.3. The number of H-pyrrole nitrogens is 1. The molecule has 1 aromatic carbocycles. The van der Waals surface area contributed by atoms with Gasteiger partial charge in [-0.05, 0) is 18.2 Å². The van der Waals surface area contributed by atoms with Crippen molar-refractivity contribution in [1.29, 1.82) is 0 Å². The maximum Gasteiger partial charge on any atom is 0.573 e. The Bertz CT molecular complexity index is 877. The van der Waals surface area contributed by atoms with E-state index in [4.69, 9.17) is 0 Å². The van der Waals surface area contributed by atoms with Crippen molar-refractivity contribution in [2.24, 2.45) is 0 Å². The van der Waals surface area contributed by atoms with Crippen LogP contribution < -0.4 is 9.46 Å². The zero-order chi connectivity index (χ0) is 18.8. The first-order valence-corrected chi connectivity index (χ1v) is 8.92. The summed E-state index contributed by atoms with van der Waals surface area (Å²) in [7, 11) is -1.87. The van der Waals surface area contributed by atoms with Crippen molar-refractivity contribution in [3.63, 3.8) is 0 Å². The van der Waals surface area contributed by atoms with E-state index >= 15 is 0 Å². The highest BCUT2D eigenvalue weighted by molar-refractivity contribution is 7.88. The van der Waals surface area contributed by atoms with Crippen LogP contribution in [0.4, 0.5) is 13.2 Å². The number of aromatic nitrogens is 1. The molecule has 0 aliphatic heterocycles. The molecule has 1 heterocycles. The van der Waals surface area contributed by atoms with E-state index in [0.717, 1.165) is 18.4 Å². The molecular weight excluding hydrogens is 363 g/mol. The van der Waals surface area contributed by atoms with E-state index in [1.54, 1.807) is 0 Å². The van der Waals surface area contributed by atoms with E-state index in [-0.39, 0.29) is 18.8 Å². The molecule has 138 valence electrons. The fourth-order valence-corrected chi connectivity index (χ4v) is 2.59. The summed E-state index contributed by atoms with van der Waals surface area (Å²) in [5.74, 6) is -0.823. The molecule has 25 heavy (non-hydrogen) atoms. The molecule has 11 heteroatoms. The lowest BCUT2D eigenvalue weighted by atomic mass is 10.2. The van der Waals surface area contributed by atoms with Gasteiger partial charge in [0.2, 0.25) is 10.0 Å². The Hall–Kier alpha value is -2.27. The first-order valence-electron chi connectivity index (χ1n) is 7.03. The number of ether oxygens (including phenoxy) is 1. The number of alkyl halides is 3. The number of aromatic amines is 1. The third kappa shape index (κ3) is 5.64. The normalized spacial score (nSPS) is 12.4. The molecule has 1 aromatic heterocycles. The van der Waals surface area contributed by atoms with Crippen LogP contribution in [0.5, 0.6) is 5.75 Å². The summed E-state index contributed by atoms with van der Waals surface area (Å²) in [4.78, 5) is 16.3. The number of benzene rings is 1. The second-order valence-corrected chi connectivity index (χ2v) is 7.21. The zero-order valence-corrected chi connectivity index (χ0v) is 14.2. The van der Waals surface area contributed by atoms with Gasteiger partial charge in [-0.15, -0.1) is 13.2 Å². The average molecular weight is 379 g/mol. The molecule has 0 spiro atoms. The van der Waals surface area contributed by atoms with Gasteiger partial charge in [-0.3, -0.25) is 4.79 Å². The number of nitrogens with zero attached hydrogens (tertiary/aromatic N) is 1. The molecule has 0 unspecified atom stereocenters. The number of nitrogens with one attached hydrogen (secondary N) is 2. The predicted molar refractivity (Wildman–Crippen MR) is 84.8 cm³/mol. The summed E-state index contributed by atoms with van der Waals surface area (Å²) >= 11 is 0. The molecule has 2 aromatic rings. The highest BCUT2D eigenvalue weighted by atomic mass is 32.2. The summed E-state index contributed by atoms with van der Waals surface area (Å²) in [6, 6.07) is 5.19. The van der Waals surface area contributed by atoms with Crippen LogP contribution in [0.3, 0.4) is 0 Å². The Labute approximate surface area is 141 Å². The largest absolute Gasteiger partial charge is 0.573 e. The number of amides is 1. The van der Waals surface area contributed by atoms with Gasteiger partial charge in [0, 0.05) is 37.1 Å². The molecular formula is C14H16F3N3O4S. The van der Waals surface area contributed by atoms with Crippen LogP contribution in [-0.4, -0.2) is 57.0 Å². The first-order chi connectivity index (χ1) is 11.4. The van der Waals surface area contributed by atoms with Crippen molar-refractivity contribution < 1.29 is 31.1 Å². The quantitative estimate of drug-likeness (QED) is 0.799. The molecule has 2 rings (SSSR count). The van der Waals surface area contributed by atoms with E-state index < -0.39 is 28.0 Å². The Morgan fingerprint density at radius 1 is 1.32 bits per heavy atom. The van der Waals surface area contributed by atoms with Crippen LogP contribution in [0.2, 0.25) is 0 Å². The van der Waals surface area contributed by atoms with Gasteiger partial charge >= 0.3 is 6.36 Å². The van der Waals surface area contributed by atoms with E-state index in [1.165, 1.54) is 24.1 Å². The Kier molecular flexibility index (Phi) is 5.28. The molecule has 1 amide bonds. The van der Waals surface area contributed by atoms with Crippen molar-refractivity contribution in [1.82, 2.24) is 14.6 Å². The minimum atomic E-state index is -4.80. The van der Waals surface area contributed by atoms with Crippen molar-refractivity contribution >= 4 is 26.8 Å². The van der Waals surface area contributed by atoms with Crippen molar-refractivity contribution in [2.45, 2.75) is 6.36 Å². The van der Waals surface area contributed by atoms with E-state index in [2.05, 4.69) is 14.4 Å². The minimum Gasteiger partial charge on any atom is -0.406 e. The predicted octanol–water partition coefficient (Wildman–Crippen LogP) is 1.69. The van der Waals surface area contributed by atoms with Crippen LogP contribution in [0, 0.1) is 0 Å². The van der Waals surface area contributed by atoms with Gasteiger partial charge in [0.05, 0.1) is 6.26 Å². The number of sulfonamides is 1. The van der Waals surface area contributed by atoms with Gasteiger partial charge < -0.3 is 14.6 Å². The first kappa shape index (κ1) is 19.1. The smallest absolute Gasteiger partial charge is 0.406 e. The number of carbonyl (C=O) groups is 1. The average Bonchev–Trinajstić information content (AvgIpc) is 2.86. The highest BCUT2D eigenvalue weighted by Gasteiger charge is 2.31. The Balaban J connectivity index is 2.10. The van der Waals surface area contributed by atoms with Gasteiger partial charge in [0.1, 0.15) is 11.4 Å². The van der Waals surface area contributed by atoms with Gasteiger partial charge in [-0.2, -0.15) is 0 Å². The van der Waals surface area contributed by atoms with Crippen LogP contribution in [0.15, 0.2) is 24.3 Å². The number of carbonyl (C=O) groups excluding carboxylic acids is 1. The third-order valence-corrected chi connectivity index (χ3v) is 3.94. The van der Waals surface area contributed by atoms with Crippen LogP contribution >= 0.6 is 0 Å². The molecule has 0 aliphatic rings. The fraction of sp³-hybridized carbons (Fsp3) is 0.357. The maximum atomic E-state index is 12.3. The van der Waals surface area contributed by atoms with Crippen LogP contribution in [-0.2, 0) is 10.0 Å².